The van der Waals surface area contributed by atoms with Crippen LogP contribution >= 0.6 is 11.8 Å². The quantitative estimate of drug-likeness (QED) is 0.247. The second-order valence-electron chi connectivity index (χ2n) is 8.30. The van der Waals surface area contributed by atoms with E-state index in [4.69, 9.17) is 9.94 Å². The SMILES string of the molecule is CC(=NOCCO)c1ccc2nnc(Sc3ccc4ncc(N5CCN(C)CC5)cc4c3)n2c1. The van der Waals surface area contributed by atoms with Gasteiger partial charge in [-0.3, -0.25) is 9.38 Å². The van der Waals surface area contributed by atoms with Crippen LogP contribution in [0.3, 0.4) is 0 Å². The predicted molar refractivity (Wildman–Crippen MR) is 134 cm³/mol. The lowest BCUT2D eigenvalue weighted by Crippen LogP contribution is -2.44. The zero-order valence-electron chi connectivity index (χ0n) is 19.3. The van der Waals surface area contributed by atoms with E-state index in [0.29, 0.717) is 5.71 Å². The van der Waals surface area contributed by atoms with E-state index in [9.17, 15) is 0 Å². The summed E-state index contributed by atoms with van der Waals surface area (Å²) in [6.07, 6.45) is 3.93. The van der Waals surface area contributed by atoms with Crippen molar-refractivity contribution < 1.29 is 9.94 Å². The largest absolute Gasteiger partial charge is 0.393 e. The van der Waals surface area contributed by atoms with Gasteiger partial charge in [-0.25, -0.2) is 0 Å². The molecule has 0 amide bonds. The minimum atomic E-state index is -0.0693. The molecule has 9 nitrogen and oxygen atoms in total. The molecule has 1 saturated heterocycles. The molecule has 0 unspecified atom stereocenters. The number of hydrogen-bond donors (Lipinski definition) is 1. The van der Waals surface area contributed by atoms with Gasteiger partial charge >= 0.3 is 0 Å². The Morgan fingerprint density at radius 2 is 1.97 bits per heavy atom. The molecule has 34 heavy (non-hydrogen) atoms. The molecule has 4 heterocycles. The lowest BCUT2D eigenvalue weighted by Gasteiger charge is -2.33. The predicted octanol–water partition coefficient (Wildman–Crippen LogP) is 2.91. The number of pyridine rings is 2. The molecule has 0 aliphatic carbocycles. The molecule has 0 saturated carbocycles. The second kappa shape index (κ2) is 9.96. The summed E-state index contributed by atoms with van der Waals surface area (Å²) < 4.78 is 1.95. The first kappa shape index (κ1) is 22.6. The van der Waals surface area contributed by atoms with E-state index < -0.39 is 0 Å². The summed E-state index contributed by atoms with van der Waals surface area (Å²) in [5.74, 6) is 0. The highest BCUT2D eigenvalue weighted by molar-refractivity contribution is 7.99. The van der Waals surface area contributed by atoms with Gasteiger partial charge in [0.2, 0.25) is 0 Å². The summed E-state index contributed by atoms with van der Waals surface area (Å²) in [6.45, 7) is 6.12. The minimum absolute atomic E-state index is 0.0693. The number of oxime groups is 1. The zero-order valence-corrected chi connectivity index (χ0v) is 20.1. The Kier molecular flexibility index (Phi) is 6.61. The molecule has 5 rings (SSSR count). The first-order valence-electron chi connectivity index (χ1n) is 11.2. The fourth-order valence-corrected chi connectivity index (χ4v) is 4.75. The first-order valence-corrected chi connectivity index (χ1v) is 12.1. The number of hydrogen-bond acceptors (Lipinski definition) is 9. The molecule has 1 N–H and O–H groups in total. The van der Waals surface area contributed by atoms with Crippen LogP contribution < -0.4 is 4.90 Å². The van der Waals surface area contributed by atoms with Crippen molar-refractivity contribution >= 4 is 39.7 Å². The molecule has 1 aliphatic heterocycles. The number of likely N-dealkylation sites (N-methyl/N-ethyl adjacent to an activating group) is 1. The standard InChI is InChI=1S/C24H27N7O2S/c1-17(28-33-12-11-32)18-3-6-23-26-27-24(31(23)16-18)34-21-4-5-22-19(14-21)13-20(15-25-22)30-9-7-29(2)8-10-30/h3-6,13-16,32H,7-12H2,1-2H3. The summed E-state index contributed by atoms with van der Waals surface area (Å²) in [7, 11) is 2.16. The van der Waals surface area contributed by atoms with Gasteiger partial charge in [0.15, 0.2) is 10.8 Å². The lowest BCUT2D eigenvalue weighted by molar-refractivity contribution is 0.0986. The van der Waals surface area contributed by atoms with E-state index in [0.717, 1.165) is 58.3 Å². The van der Waals surface area contributed by atoms with E-state index >= 15 is 0 Å². The normalized spacial score (nSPS) is 15.4. The summed E-state index contributed by atoms with van der Waals surface area (Å²) in [4.78, 5) is 15.6. The van der Waals surface area contributed by atoms with Crippen LogP contribution in [-0.4, -0.2) is 81.7 Å². The molecule has 0 spiro atoms. The smallest absolute Gasteiger partial charge is 0.200 e. The Labute approximate surface area is 202 Å². The van der Waals surface area contributed by atoms with E-state index in [1.807, 2.05) is 35.9 Å². The molecule has 10 heteroatoms. The van der Waals surface area contributed by atoms with Crippen molar-refractivity contribution in [3.8, 4) is 0 Å². The molecular formula is C24H27N7O2S. The Hall–Kier alpha value is -3.21. The Morgan fingerprint density at radius 1 is 1.12 bits per heavy atom. The number of anilines is 1. The van der Waals surface area contributed by atoms with Crippen molar-refractivity contribution in [1.82, 2.24) is 24.5 Å². The number of benzene rings is 1. The lowest BCUT2D eigenvalue weighted by atomic mass is 10.2. The van der Waals surface area contributed by atoms with Crippen LogP contribution in [0.2, 0.25) is 0 Å². The van der Waals surface area contributed by atoms with Gasteiger partial charge in [0.25, 0.3) is 0 Å². The number of nitrogens with zero attached hydrogens (tertiary/aromatic N) is 7. The third kappa shape index (κ3) is 4.84. The number of rotatable bonds is 7. The molecule has 0 bridgehead atoms. The van der Waals surface area contributed by atoms with Crippen molar-refractivity contribution in [2.45, 2.75) is 17.0 Å². The maximum Gasteiger partial charge on any atom is 0.200 e. The first-order chi connectivity index (χ1) is 16.6. The van der Waals surface area contributed by atoms with Gasteiger partial charge in [0, 0.05) is 48.2 Å². The Balaban J connectivity index is 1.40. The number of aliphatic hydroxyl groups is 1. The third-order valence-corrected chi connectivity index (χ3v) is 6.84. The van der Waals surface area contributed by atoms with E-state index in [-0.39, 0.29) is 13.2 Å². The summed E-state index contributed by atoms with van der Waals surface area (Å²) >= 11 is 1.56. The molecule has 176 valence electrons. The van der Waals surface area contributed by atoms with Gasteiger partial charge < -0.3 is 19.7 Å². The van der Waals surface area contributed by atoms with Gasteiger partial charge in [0.1, 0.15) is 6.61 Å². The maximum absolute atomic E-state index is 8.87. The number of aromatic nitrogens is 4. The molecule has 3 aromatic heterocycles. The van der Waals surface area contributed by atoms with Crippen molar-refractivity contribution in [3.05, 3.63) is 54.4 Å². The second-order valence-corrected chi connectivity index (χ2v) is 9.34. The van der Waals surface area contributed by atoms with Gasteiger partial charge in [-0.1, -0.05) is 5.16 Å². The molecule has 4 aromatic rings. The maximum atomic E-state index is 8.87. The van der Waals surface area contributed by atoms with E-state index in [1.165, 1.54) is 5.69 Å². The summed E-state index contributed by atoms with van der Waals surface area (Å²) in [5, 5.41) is 23.5. The van der Waals surface area contributed by atoms with Crippen molar-refractivity contribution in [2.24, 2.45) is 5.16 Å². The van der Waals surface area contributed by atoms with Crippen LogP contribution in [0.4, 0.5) is 5.69 Å². The molecule has 1 aliphatic rings. The van der Waals surface area contributed by atoms with E-state index in [2.05, 4.69) is 61.5 Å². The average Bonchev–Trinajstić information content (AvgIpc) is 3.26. The number of fused-ring (bicyclic) bond motifs is 2. The van der Waals surface area contributed by atoms with Gasteiger partial charge in [-0.15, -0.1) is 10.2 Å². The van der Waals surface area contributed by atoms with Crippen LogP contribution in [0, 0.1) is 0 Å². The number of piperazine rings is 1. The van der Waals surface area contributed by atoms with Crippen LogP contribution in [0.5, 0.6) is 0 Å². The highest BCUT2D eigenvalue weighted by Crippen LogP contribution is 2.30. The summed E-state index contributed by atoms with van der Waals surface area (Å²) in [5.41, 5.74) is 4.51. The van der Waals surface area contributed by atoms with Crippen molar-refractivity contribution in [3.63, 3.8) is 0 Å². The van der Waals surface area contributed by atoms with Gasteiger partial charge in [-0.05, 0) is 62.1 Å². The third-order valence-electron chi connectivity index (χ3n) is 5.89. The fraction of sp³-hybridized carbons (Fsp3) is 0.333. The van der Waals surface area contributed by atoms with Crippen LogP contribution in [0.15, 0.2) is 64.0 Å². The zero-order chi connectivity index (χ0) is 23.5. The Bertz CT molecular complexity index is 1330. The molecule has 1 aromatic carbocycles. The van der Waals surface area contributed by atoms with Crippen LogP contribution in [0.1, 0.15) is 12.5 Å². The minimum Gasteiger partial charge on any atom is -0.393 e. The van der Waals surface area contributed by atoms with Crippen LogP contribution in [0.25, 0.3) is 16.6 Å². The topological polar surface area (TPSA) is 91.4 Å². The fourth-order valence-electron chi connectivity index (χ4n) is 3.89. The summed E-state index contributed by atoms with van der Waals surface area (Å²) in [6, 6.07) is 12.3. The average molecular weight is 478 g/mol. The monoisotopic (exact) mass is 477 g/mol. The molecule has 1 fully saturated rings. The highest BCUT2D eigenvalue weighted by Gasteiger charge is 2.15. The van der Waals surface area contributed by atoms with Gasteiger partial charge in [-0.2, -0.15) is 0 Å². The van der Waals surface area contributed by atoms with Gasteiger partial charge in [0.05, 0.1) is 29.7 Å². The van der Waals surface area contributed by atoms with Crippen molar-refractivity contribution in [2.75, 3.05) is 51.3 Å². The molecule has 0 atom stereocenters. The molecule has 0 radical (unpaired) electrons. The van der Waals surface area contributed by atoms with Crippen LogP contribution in [-0.2, 0) is 4.84 Å². The Morgan fingerprint density at radius 3 is 2.79 bits per heavy atom. The molecular weight excluding hydrogens is 450 g/mol. The van der Waals surface area contributed by atoms with Crippen molar-refractivity contribution in [1.29, 1.82) is 0 Å². The van der Waals surface area contributed by atoms with E-state index in [1.54, 1.807) is 11.8 Å². The highest BCUT2D eigenvalue weighted by atomic mass is 32.2. The number of aliphatic hydroxyl groups excluding tert-OH is 1.